The van der Waals surface area contributed by atoms with Crippen molar-refractivity contribution in [3.63, 3.8) is 0 Å². The molecule has 2 aromatic rings. The summed E-state index contributed by atoms with van der Waals surface area (Å²) in [5.74, 6) is -0.268. The summed E-state index contributed by atoms with van der Waals surface area (Å²) in [6.45, 7) is 3.61. The minimum atomic E-state index is -0.268. The van der Waals surface area contributed by atoms with Crippen LogP contribution in [0.5, 0.6) is 0 Å². The number of amides is 1. The zero-order valence-electron chi connectivity index (χ0n) is 15.4. The zero-order valence-corrected chi connectivity index (χ0v) is 16.2. The van der Waals surface area contributed by atoms with E-state index in [-0.39, 0.29) is 11.5 Å². The van der Waals surface area contributed by atoms with E-state index < -0.39 is 0 Å². The second kappa shape index (κ2) is 9.27. The summed E-state index contributed by atoms with van der Waals surface area (Å²) < 4.78 is 0. The summed E-state index contributed by atoms with van der Waals surface area (Å²) in [6.07, 6.45) is 1.42. The van der Waals surface area contributed by atoms with Crippen molar-refractivity contribution < 1.29 is 4.79 Å². The Hall–Kier alpha value is -3.01. The van der Waals surface area contributed by atoms with Gasteiger partial charge in [0.05, 0.1) is 10.7 Å². The van der Waals surface area contributed by atoms with E-state index in [0.717, 1.165) is 19.6 Å². The Bertz CT molecular complexity index is 899. The van der Waals surface area contributed by atoms with Gasteiger partial charge in [0.2, 0.25) is 0 Å². The molecule has 7 heteroatoms. The van der Waals surface area contributed by atoms with Crippen molar-refractivity contribution >= 4 is 28.9 Å². The normalized spacial score (nSPS) is 15.1. The molecule has 2 aromatic carbocycles. The maximum Gasteiger partial charge on any atom is 0.266 e. The average Bonchev–Trinajstić information content (AvgIpc) is 2.72. The third kappa shape index (κ3) is 5.03. The van der Waals surface area contributed by atoms with Gasteiger partial charge in [-0.05, 0) is 23.8 Å². The van der Waals surface area contributed by atoms with Crippen LogP contribution in [0.3, 0.4) is 0 Å². The largest absolute Gasteiger partial charge is 0.398 e. The molecule has 3 N–H and O–H groups in total. The summed E-state index contributed by atoms with van der Waals surface area (Å²) in [6, 6.07) is 17.3. The highest BCUT2D eigenvalue weighted by molar-refractivity contribution is 6.33. The lowest BCUT2D eigenvalue weighted by Crippen LogP contribution is -2.48. The fourth-order valence-electron chi connectivity index (χ4n) is 3.04. The summed E-state index contributed by atoms with van der Waals surface area (Å²) >= 11 is 5.99. The molecule has 1 saturated heterocycles. The average molecular weight is 396 g/mol. The van der Waals surface area contributed by atoms with Crippen LogP contribution >= 0.6 is 11.6 Å². The second-order valence-corrected chi connectivity index (χ2v) is 7.01. The molecule has 28 heavy (non-hydrogen) atoms. The van der Waals surface area contributed by atoms with Crippen molar-refractivity contribution in [2.75, 3.05) is 37.2 Å². The molecule has 1 fully saturated rings. The van der Waals surface area contributed by atoms with Gasteiger partial charge in [0, 0.05) is 44.6 Å². The van der Waals surface area contributed by atoms with Gasteiger partial charge in [-0.2, -0.15) is 5.26 Å². The number of benzene rings is 2. The first-order chi connectivity index (χ1) is 13.6. The minimum absolute atomic E-state index is 0.0597. The molecule has 0 saturated carbocycles. The predicted molar refractivity (Wildman–Crippen MR) is 111 cm³/mol. The molecule has 1 aliphatic heterocycles. The van der Waals surface area contributed by atoms with E-state index in [1.165, 1.54) is 11.8 Å². The molecule has 0 bridgehead atoms. The van der Waals surface area contributed by atoms with Crippen LogP contribution in [0.25, 0.3) is 0 Å². The number of hydrogen-bond acceptors (Lipinski definition) is 5. The van der Waals surface area contributed by atoms with Gasteiger partial charge >= 0.3 is 0 Å². The van der Waals surface area contributed by atoms with Gasteiger partial charge < -0.3 is 16.0 Å². The van der Waals surface area contributed by atoms with Gasteiger partial charge in [-0.3, -0.25) is 9.69 Å². The molecule has 1 amide bonds. The van der Waals surface area contributed by atoms with Crippen LogP contribution in [0.2, 0.25) is 5.02 Å². The molecule has 0 radical (unpaired) electrons. The Kier molecular flexibility index (Phi) is 6.53. The van der Waals surface area contributed by atoms with Gasteiger partial charge in [-0.15, -0.1) is 0 Å². The number of piperazine rings is 1. The Morgan fingerprint density at radius 3 is 2.54 bits per heavy atom. The van der Waals surface area contributed by atoms with Crippen LogP contribution in [-0.4, -0.2) is 41.9 Å². The fourth-order valence-corrected chi connectivity index (χ4v) is 3.22. The molecule has 0 spiro atoms. The highest BCUT2D eigenvalue weighted by Gasteiger charge is 2.23. The van der Waals surface area contributed by atoms with Crippen molar-refractivity contribution in [1.82, 2.24) is 9.80 Å². The zero-order chi connectivity index (χ0) is 19.9. The van der Waals surface area contributed by atoms with Gasteiger partial charge in [0.25, 0.3) is 5.91 Å². The van der Waals surface area contributed by atoms with Crippen molar-refractivity contribution in [3.8, 4) is 6.07 Å². The summed E-state index contributed by atoms with van der Waals surface area (Å²) in [5, 5.41) is 12.7. The minimum Gasteiger partial charge on any atom is -0.398 e. The molecule has 0 atom stereocenters. The van der Waals surface area contributed by atoms with Gasteiger partial charge in [-0.25, -0.2) is 0 Å². The number of nitriles is 1. The first kappa shape index (κ1) is 19.7. The van der Waals surface area contributed by atoms with E-state index in [1.807, 2.05) is 24.3 Å². The van der Waals surface area contributed by atoms with Crippen LogP contribution in [0, 0.1) is 11.3 Å². The third-order valence-electron chi connectivity index (χ3n) is 4.64. The van der Waals surface area contributed by atoms with E-state index >= 15 is 0 Å². The molecule has 6 nitrogen and oxygen atoms in total. The highest BCUT2D eigenvalue weighted by atomic mass is 35.5. The van der Waals surface area contributed by atoms with Crippen LogP contribution in [0.4, 0.5) is 11.4 Å². The number of carbonyl (C=O) groups excluding carboxylic acids is 1. The summed E-state index contributed by atoms with van der Waals surface area (Å²) in [4.78, 5) is 16.7. The van der Waals surface area contributed by atoms with Crippen LogP contribution < -0.4 is 11.1 Å². The first-order valence-corrected chi connectivity index (χ1v) is 9.42. The van der Waals surface area contributed by atoms with Gasteiger partial charge in [-0.1, -0.05) is 41.9 Å². The number of nitrogens with zero attached hydrogens (tertiary/aromatic N) is 3. The smallest absolute Gasteiger partial charge is 0.266 e. The number of rotatable bonds is 5. The molecule has 144 valence electrons. The highest BCUT2D eigenvalue weighted by Crippen LogP contribution is 2.22. The third-order valence-corrected chi connectivity index (χ3v) is 4.97. The number of nitrogens with one attached hydrogen (secondary N) is 1. The maximum atomic E-state index is 12.7. The Morgan fingerprint density at radius 2 is 1.89 bits per heavy atom. The number of nitrogens with two attached hydrogens (primary N) is 1. The van der Waals surface area contributed by atoms with Gasteiger partial charge in [0.15, 0.2) is 0 Å². The van der Waals surface area contributed by atoms with Gasteiger partial charge in [0.1, 0.15) is 11.6 Å². The number of carbonyl (C=O) groups is 1. The SMILES string of the molecule is N#C/C(=C/Nc1ccc(N)c(Cl)c1)C(=O)N1CCN(Cc2ccccc2)CC1. The lowest BCUT2D eigenvalue weighted by molar-refractivity contribution is -0.128. The number of hydrogen-bond donors (Lipinski definition) is 2. The van der Waals surface area contributed by atoms with Crippen LogP contribution in [0.15, 0.2) is 60.3 Å². The predicted octanol–water partition coefficient (Wildman–Crippen LogP) is 3.09. The molecule has 3 rings (SSSR count). The number of halogens is 1. The molecule has 1 aliphatic rings. The second-order valence-electron chi connectivity index (χ2n) is 6.60. The molecule has 1 heterocycles. The van der Waals surface area contributed by atoms with E-state index in [0.29, 0.717) is 29.5 Å². The quantitative estimate of drug-likeness (QED) is 0.461. The van der Waals surface area contributed by atoms with Crippen molar-refractivity contribution in [2.24, 2.45) is 0 Å². The van der Waals surface area contributed by atoms with E-state index in [1.54, 1.807) is 23.1 Å². The summed E-state index contributed by atoms with van der Waals surface area (Å²) in [5.41, 5.74) is 8.13. The van der Waals surface area contributed by atoms with Crippen LogP contribution in [0.1, 0.15) is 5.56 Å². The molecule has 0 aliphatic carbocycles. The van der Waals surface area contributed by atoms with E-state index in [9.17, 15) is 10.1 Å². The molecular weight excluding hydrogens is 374 g/mol. The van der Waals surface area contributed by atoms with Crippen molar-refractivity contribution in [1.29, 1.82) is 5.26 Å². The summed E-state index contributed by atoms with van der Waals surface area (Å²) in [7, 11) is 0. The monoisotopic (exact) mass is 395 g/mol. The fraction of sp³-hybridized carbons (Fsp3) is 0.238. The van der Waals surface area contributed by atoms with Crippen molar-refractivity contribution in [2.45, 2.75) is 6.54 Å². The number of nitrogen functional groups attached to an aromatic ring is 1. The van der Waals surface area contributed by atoms with E-state index in [4.69, 9.17) is 17.3 Å². The Labute approximate surface area is 169 Å². The van der Waals surface area contributed by atoms with Crippen molar-refractivity contribution in [3.05, 3.63) is 70.9 Å². The molecule has 0 unspecified atom stereocenters. The lowest BCUT2D eigenvalue weighted by Gasteiger charge is -2.34. The lowest BCUT2D eigenvalue weighted by atomic mass is 10.2. The maximum absolute atomic E-state index is 12.7. The van der Waals surface area contributed by atoms with Crippen LogP contribution in [-0.2, 0) is 11.3 Å². The van der Waals surface area contributed by atoms with E-state index in [2.05, 4.69) is 22.3 Å². The first-order valence-electron chi connectivity index (χ1n) is 9.04. The topological polar surface area (TPSA) is 85.4 Å². The number of anilines is 2. The molecular formula is C21H22ClN5O. The Morgan fingerprint density at radius 1 is 1.18 bits per heavy atom. The standard InChI is InChI=1S/C21H22ClN5O/c22-19-12-18(6-7-20(19)24)25-14-17(13-23)21(28)27-10-8-26(9-11-27)15-16-4-2-1-3-5-16/h1-7,12,14,25H,8-11,15,24H2/b17-14-. The Balaban J connectivity index is 1.56. The molecule has 0 aromatic heterocycles.